The number of hydrogen-bond acceptors (Lipinski definition) is 5. The fraction of sp³-hybridized carbons (Fsp3) is 0.552. The summed E-state index contributed by atoms with van der Waals surface area (Å²) < 4.78 is 15.6. The summed E-state index contributed by atoms with van der Waals surface area (Å²) in [6.07, 6.45) is 11.4. The second kappa shape index (κ2) is 11.2. The van der Waals surface area contributed by atoms with Crippen LogP contribution in [0.4, 0.5) is 10.3 Å². The van der Waals surface area contributed by atoms with Crippen LogP contribution in [0.15, 0.2) is 36.7 Å². The number of rotatable bonds is 7. The lowest BCUT2D eigenvalue weighted by Crippen LogP contribution is -2.37. The van der Waals surface area contributed by atoms with Gasteiger partial charge in [-0.05, 0) is 87.6 Å². The highest BCUT2D eigenvalue weighted by Gasteiger charge is 2.29. The summed E-state index contributed by atoms with van der Waals surface area (Å²) >= 11 is 0. The zero-order valence-corrected chi connectivity index (χ0v) is 21.9. The quantitative estimate of drug-likeness (QED) is 0.431. The van der Waals surface area contributed by atoms with Gasteiger partial charge in [-0.2, -0.15) is 4.98 Å². The number of nitrogens with zero attached hydrogens (tertiary/aromatic N) is 4. The van der Waals surface area contributed by atoms with Crippen molar-refractivity contribution in [3.05, 3.63) is 53.6 Å². The molecule has 2 fully saturated rings. The Morgan fingerprint density at radius 2 is 1.84 bits per heavy atom. The molecule has 1 aliphatic carbocycles. The molecule has 198 valence electrons. The molecule has 0 bridgehead atoms. The van der Waals surface area contributed by atoms with Gasteiger partial charge in [-0.3, -0.25) is 4.79 Å². The highest BCUT2D eigenvalue weighted by atomic mass is 19.1. The lowest BCUT2D eigenvalue weighted by molar-refractivity contribution is 0.0713. The third kappa shape index (κ3) is 5.64. The average Bonchev–Trinajstić information content (AvgIpc) is 3.28. The molecule has 1 aliphatic heterocycles. The second-order valence-electron chi connectivity index (χ2n) is 10.8. The fourth-order valence-electron chi connectivity index (χ4n) is 5.96. The largest absolute Gasteiger partial charge is 0.393 e. The van der Waals surface area contributed by atoms with Crippen molar-refractivity contribution in [2.75, 3.05) is 18.4 Å². The summed E-state index contributed by atoms with van der Waals surface area (Å²) in [6.45, 7) is 5.66. The lowest BCUT2D eigenvalue weighted by atomic mass is 9.89. The number of carbonyl (C=O) groups is 1. The van der Waals surface area contributed by atoms with E-state index in [0.29, 0.717) is 42.6 Å². The van der Waals surface area contributed by atoms with E-state index in [2.05, 4.69) is 34.9 Å². The topological polar surface area (TPSA) is 83.3 Å². The average molecular weight is 508 g/mol. The van der Waals surface area contributed by atoms with Crippen LogP contribution in [0.2, 0.25) is 0 Å². The maximum Gasteiger partial charge on any atom is 0.253 e. The Balaban J connectivity index is 1.38. The van der Waals surface area contributed by atoms with Crippen molar-refractivity contribution < 1.29 is 14.3 Å². The number of hydrogen-bond donors (Lipinski definition) is 2. The van der Waals surface area contributed by atoms with Crippen LogP contribution in [0.5, 0.6) is 0 Å². The number of likely N-dealkylation sites (tertiary alicyclic amines) is 1. The van der Waals surface area contributed by atoms with E-state index >= 15 is 0 Å². The molecule has 5 rings (SSSR count). The molecule has 2 aliphatic rings. The Bertz CT molecular complexity index is 1210. The molecule has 1 atom stereocenters. The SMILES string of the molecule is CCC[C@H](C)Nc1ncc2c(C3CCN(C(=O)c4ccc(F)cc4)CC3)cn([C@H]3CC[C@H](O)CC3)c2n1. The van der Waals surface area contributed by atoms with Crippen LogP contribution in [0.3, 0.4) is 0 Å². The Labute approximate surface area is 218 Å². The molecule has 0 radical (unpaired) electrons. The maximum atomic E-state index is 13.3. The van der Waals surface area contributed by atoms with Gasteiger partial charge < -0.3 is 19.9 Å². The number of carbonyl (C=O) groups excluding carboxylic acids is 1. The number of aliphatic hydroxyl groups excluding tert-OH is 1. The van der Waals surface area contributed by atoms with Crippen LogP contribution in [0.25, 0.3) is 11.0 Å². The number of piperidine rings is 1. The summed E-state index contributed by atoms with van der Waals surface area (Å²) in [7, 11) is 0. The maximum absolute atomic E-state index is 13.3. The Morgan fingerprint density at radius 1 is 1.14 bits per heavy atom. The number of aromatic nitrogens is 3. The molecule has 1 saturated carbocycles. The zero-order valence-electron chi connectivity index (χ0n) is 21.9. The van der Waals surface area contributed by atoms with E-state index in [0.717, 1.165) is 62.4 Å². The molecule has 2 N–H and O–H groups in total. The van der Waals surface area contributed by atoms with Gasteiger partial charge in [0.1, 0.15) is 11.5 Å². The van der Waals surface area contributed by atoms with Crippen LogP contribution in [-0.4, -0.2) is 55.7 Å². The number of anilines is 1. The van der Waals surface area contributed by atoms with Crippen molar-refractivity contribution in [2.45, 2.75) is 89.3 Å². The van der Waals surface area contributed by atoms with Crippen molar-refractivity contribution >= 4 is 22.9 Å². The molecule has 7 nitrogen and oxygen atoms in total. The molecule has 2 aromatic heterocycles. The predicted octanol–water partition coefficient (Wildman–Crippen LogP) is 5.67. The molecular formula is C29H38FN5O2. The number of halogens is 1. The van der Waals surface area contributed by atoms with E-state index in [-0.39, 0.29) is 17.8 Å². The van der Waals surface area contributed by atoms with Crippen molar-refractivity contribution in [3.8, 4) is 0 Å². The number of fused-ring (bicyclic) bond motifs is 1. The lowest BCUT2D eigenvalue weighted by Gasteiger charge is -2.32. The minimum absolute atomic E-state index is 0.0399. The van der Waals surface area contributed by atoms with Gasteiger partial charge in [0.15, 0.2) is 0 Å². The standard InChI is InChI=1S/C29H38FN5O2/c1-3-4-19(2)32-29-31-17-25-26(18-35(27(25)33-29)23-9-11-24(36)12-10-23)20-13-15-34(16-14-20)28(37)21-5-7-22(30)8-6-21/h5-8,17-20,23-24,36H,3-4,9-16H2,1-2H3,(H,31,32,33)/t19-,23-,24-/m0/s1. The first-order valence-electron chi connectivity index (χ1n) is 13.8. The molecule has 8 heteroatoms. The van der Waals surface area contributed by atoms with E-state index in [9.17, 15) is 14.3 Å². The first-order valence-corrected chi connectivity index (χ1v) is 13.8. The van der Waals surface area contributed by atoms with Crippen molar-refractivity contribution in [3.63, 3.8) is 0 Å². The van der Waals surface area contributed by atoms with Crippen LogP contribution in [-0.2, 0) is 0 Å². The van der Waals surface area contributed by atoms with Gasteiger partial charge in [-0.25, -0.2) is 9.37 Å². The predicted molar refractivity (Wildman–Crippen MR) is 143 cm³/mol. The van der Waals surface area contributed by atoms with Crippen LogP contribution in [0, 0.1) is 5.82 Å². The molecule has 3 heterocycles. The summed E-state index contributed by atoms with van der Waals surface area (Å²) in [6, 6.07) is 6.41. The van der Waals surface area contributed by atoms with E-state index in [1.165, 1.54) is 17.7 Å². The van der Waals surface area contributed by atoms with Gasteiger partial charge in [0, 0.05) is 48.5 Å². The Hall–Kier alpha value is -3.00. The molecule has 0 unspecified atom stereocenters. The molecular weight excluding hydrogens is 469 g/mol. The van der Waals surface area contributed by atoms with Gasteiger partial charge in [-0.1, -0.05) is 13.3 Å². The van der Waals surface area contributed by atoms with Crippen molar-refractivity contribution in [1.82, 2.24) is 19.4 Å². The summed E-state index contributed by atoms with van der Waals surface area (Å²) in [5.41, 5.74) is 2.74. The van der Waals surface area contributed by atoms with Crippen LogP contribution in [0.1, 0.15) is 93.1 Å². The van der Waals surface area contributed by atoms with Gasteiger partial charge in [0.05, 0.1) is 6.10 Å². The van der Waals surface area contributed by atoms with Gasteiger partial charge >= 0.3 is 0 Å². The zero-order chi connectivity index (χ0) is 25.9. The summed E-state index contributed by atoms with van der Waals surface area (Å²) in [5.74, 6) is 0.605. The van der Waals surface area contributed by atoms with E-state index in [1.807, 2.05) is 11.1 Å². The first-order chi connectivity index (χ1) is 17.9. The number of amides is 1. The van der Waals surface area contributed by atoms with Gasteiger partial charge in [-0.15, -0.1) is 0 Å². The minimum atomic E-state index is -0.334. The molecule has 1 amide bonds. The Kier molecular flexibility index (Phi) is 7.74. The molecule has 1 saturated heterocycles. The van der Waals surface area contributed by atoms with Crippen molar-refractivity contribution in [2.24, 2.45) is 0 Å². The molecule has 1 aromatic carbocycles. The number of benzene rings is 1. The summed E-state index contributed by atoms with van der Waals surface area (Å²) in [5, 5.41) is 14.6. The van der Waals surface area contributed by atoms with Gasteiger partial charge in [0.25, 0.3) is 5.91 Å². The third-order valence-corrected chi connectivity index (χ3v) is 8.07. The monoisotopic (exact) mass is 507 g/mol. The number of nitrogens with one attached hydrogen (secondary N) is 1. The highest BCUT2D eigenvalue weighted by Crippen LogP contribution is 2.38. The van der Waals surface area contributed by atoms with E-state index < -0.39 is 0 Å². The highest BCUT2D eigenvalue weighted by molar-refractivity contribution is 5.94. The molecule has 3 aromatic rings. The minimum Gasteiger partial charge on any atom is -0.393 e. The molecule has 37 heavy (non-hydrogen) atoms. The second-order valence-corrected chi connectivity index (χ2v) is 10.8. The third-order valence-electron chi connectivity index (χ3n) is 8.07. The van der Waals surface area contributed by atoms with E-state index in [1.54, 1.807) is 12.1 Å². The van der Waals surface area contributed by atoms with Crippen LogP contribution >= 0.6 is 0 Å². The normalized spacial score (nSPS) is 21.8. The van der Waals surface area contributed by atoms with E-state index in [4.69, 9.17) is 4.98 Å². The number of aliphatic hydroxyl groups is 1. The first kappa shape index (κ1) is 25.6. The van der Waals surface area contributed by atoms with Gasteiger partial charge in [0.2, 0.25) is 5.95 Å². The Morgan fingerprint density at radius 3 is 2.51 bits per heavy atom. The summed E-state index contributed by atoms with van der Waals surface area (Å²) in [4.78, 5) is 24.5. The molecule has 0 spiro atoms. The van der Waals surface area contributed by atoms with Crippen molar-refractivity contribution in [1.29, 1.82) is 0 Å². The van der Waals surface area contributed by atoms with Crippen LogP contribution < -0.4 is 5.32 Å². The fourth-order valence-corrected chi connectivity index (χ4v) is 5.96. The smallest absolute Gasteiger partial charge is 0.253 e.